The Morgan fingerprint density at radius 3 is 2.67 bits per heavy atom. The van der Waals surface area contributed by atoms with Crippen molar-refractivity contribution in [3.8, 4) is 0 Å². The van der Waals surface area contributed by atoms with E-state index in [0.29, 0.717) is 13.0 Å². The lowest BCUT2D eigenvalue weighted by Gasteiger charge is -2.30. The van der Waals surface area contributed by atoms with Crippen LogP contribution in [0, 0.1) is 5.92 Å². The number of carbonyl (C=O) groups excluding carboxylic acids is 1. The van der Waals surface area contributed by atoms with E-state index in [0.717, 1.165) is 38.6 Å². The molecule has 0 unspecified atom stereocenters. The Labute approximate surface area is 145 Å². The number of hydrogen-bond donors (Lipinski definition) is 1. The van der Waals surface area contributed by atoms with Crippen LogP contribution in [0.2, 0.25) is 0 Å². The van der Waals surface area contributed by atoms with Crippen LogP contribution in [0.5, 0.6) is 0 Å². The Morgan fingerprint density at radius 2 is 1.88 bits per heavy atom. The van der Waals surface area contributed by atoms with Gasteiger partial charge in [-0.25, -0.2) is 0 Å². The summed E-state index contributed by atoms with van der Waals surface area (Å²) in [5.41, 5.74) is 2.43. The Hall–Kier alpha value is -1.55. The second-order valence-electron chi connectivity index (χ2n) is 7.05. The maximum atomic E-state index is 12.2. The van der Waals surface area contributed by atoms with Crippen LogP contribution in [0.15, 0.2) is 24.3 Å². The lowest BCUT2D eigenvalue weighted by atomic mass is 9.86. The quantitative estimate of drug-likeness (QED) is 0.868. The van der Waals surface area contributed by atoms with E-state index in [9.17, 15) is 4.79 Å². The number of nitrogens with one attached hydrogen (secondary N) is 1. The zero-order chi connectivity index (χ0) is 16.6. The second kappa shape index (κ2) is 9.07. The second-order valence-corrected chi connectivity index (χ2v) is 7.05. The first-order chi connectivity index (χ1) is 11.8. The number of benzene rings is 1. The standard InChI is InChI=1S/C20H30N2O2/c23-20(11-10-17-6-2-1-3-7-17)21-16-18-8-4-5-9-19(18)22-12-14-24-15-13-22/h4-5,8-9,17H,1-3,6-7,10-16H2,(H,21,23). The van der Waals surface area contributed by atoms with Crippen molar-refractivity contribution in [2.24, 2.45) is 5.92 Å². The fourth-order valence-electron chi connectivity index (χ4n) is 3.87. The fourth-order valence-corrected chi connectivity index (χ4v) is 3.87. The maximum absolute atomic E-state index is 12.2. The molecule has 1 saturated carbocycles. The number of rotatable bonds is 6. The smallest absolute Gasteiger partial charge is 0.220 e. The van der Waals surface area contributed by atoms with Crippen LogP contribution >= 0.6 is 0 Å². The third-order valence-electron chi connectivity index (χ3n) is 5.32. The molecular weight excluding hydrogens is 300 g/mol. The molecule has 4 heteroatoms. The number of nitrogens with zero attached hydrogens (tertiary/aromatic N) is 1. The van der Waals surface area contributed by atoms with Gasteiger partial charge in [-0.15, -0.1) is 0 Å². The van der Waals surface area contributed by atoms with Crippen molar-refractivity contribution in [2.45, 2.75) is 51.5 Å². The van der Waals surface area contributed by atoms with Crippen molar-refractivity contribution >= 4 is 11.6 Å². The van der Waals surface area contributed by atoms with E-state index in [1.165, 1.54) is 43.4 Å². The molecule has 1 aliphatic carbocycles. The van der Waals surface area contributed by atoms with Crippen molar-refractivity contribution in [3.05, 3.63) is 29.8 Å². The van der Waals surface area contributed by atoms with E-state index in [1.54, 1.807) is 0 Å². The van der Waals surface area contributed by atoms with Crippen LogP contribution in [0.4, 0.5) is 5.69 Å². The zero-order valence-electron chi connectivity index (χ0n) is 14.6. The number of ether oxygens (including phenoxy) is 1. The van der Waals surface area contributed by atoms with Crippen molar-refractivity contribution in [1.82, 2.24) is 5.32 Å². The molecule has 1 N–H and O–H groups in total. The molecule has 0 bridgehead atoms. The molecular formula is C20H30N2O2. The molecule has 1 aromatic rings. The van der Waals surface area contributed by atoms with Crippen molar-refractivity contribution in [3.63, 3.8) is 0 Å². The van der Waals surface area contributed by atoms with Gasteiger partial charge in [-0.2, -0.15) is 0 Å². The van der Waals surface area contributed by atoms with Gasteiger partial charge in [0.05, 0.1) is 13.2 Å². The van der Waals surface area contributed by atoms with Gasteiger partial charge in [0, 0.05) is 31.7 Å². The minimum absolute atomic E-state index is 0.192. The number of para-hydroxylation sites is 1. The lowest BCUT2D eigenvalue weighted by molar-refractivity contribution is -0.121. The van der Waals surface area contributed by atoms with E-state index < -0.39 is 0 Å². The van der Waals surface area contributed by atoms with Gasteiger partial charge in [-0.3, -0.25) is 4.79 Å². The van der Waals surface area contributed by atoms with Crippen LogP contribution in [0.1, 0.15) is 50.5 Å². The fraction of sp³-hybridized carbons (Fsp3) is 0.650. The molecule has 1 amide bonds. The molecule has 0 atom stereocenters. The van der Waals surface area contributed by atoms with Gasteiger partial charge in [0.15, 0.2) is 0 Å². The summed E-state index contributed by atoms with van der Waals surface area (Å²) >= 11 is 0. The van der Waals surface area contributed by atoms with E-state index >= 15 is 0 Å². The molecule has 0 radical (unpaired) electrons. The average Bonchev–Trinajstić information content (AvgIpc) is 2.66. The molecule has 0 spiro atoms. The Balaban J connectivity index is 1.47. The summed E-state index contributed by atoms with van der Waals surface area (Å²) in [7, 11) is 0. The molecule has 1 heterocycles. The third kappa shape index (κ3) is 4.97. The highest BCUT2D eigenvalue weighted by atomic mass is 16.5. The highest BCUT2D eigenvalue weighted by Crippen LogP contribution is 2.27. The number of carbonyl (C=O) groups is 1. The van der Waals surface area contributed by atoms with Gasteiger partial charge in [-0.1, -0.05) is 50.3 Å². The topological polar surface area (TPSA) is 41.6 Å². The minimum Gasteiger partial charge on any atom is -0.378 e. The third-order valence-corrected chi connectivity index (χ3v) is 5.32. The predicted octanol–water partition coefficient (Wildman–Crippen LogP) is 3.50. The van der Waals surface area contributed by atoms with Gasteiger partial charge < -0.3 is 15.0 Å². The first-order valence-electron chi connectivity index (χ1n) is 9.50. The van der Waals surface area contributed by atoms with Crippen molar-refractivity contribution < 1.29 is 9.53 Å². The summed E-state index contributed by atoms with van der Waals surface area (Å²) in [5.74, 6) is 0.961. The van der Waals surface area contributed by atoms with Crippen LogP contribution in [-0.2, 0) is 16.1 Å². The molecule has 2 fully saturated rings. The highest BCUT2D eigenvalue weighted by Gasteiger charge is 2.16. The monoisotopic (exact) mass is 330 g/mol. The Morgan fingerprint density at radius 1 is 1.12 bits per heavy atom. The minimum atomic E-state index is 0.192. The first kappa shape index (κ1) is 17.3. The molecule has 132 valence electrons. The summed E-state index contributed by atoms with van der Waals surface area (Å²) in [6.07, 6.45) is 8.42. The van der Waals surface area contributed by atoms with Gasteiger partial charge in [-0.05, 0) is 24.0 Å². The lowest BCUT2D eigenvalue weighted by Crippen LogP contribution is -2.37. The van der Waals surface area contributed by atoms with Gasteiger partial charge in [0.1, 0.15) is 0 Å². The summed E-state index contributed by atoms with van der Waals surface area (Å²) in [6, 6.07) is 8.38. The molecule has 4 nitrogen and oxygen atoms in total. The normalized spacial score (nSPS) is 19.2. The summed E-state index contributed by atoms with van der Waals surface area (Å²) in [6.45, 7) is 4.03. The molecule has 2 aliphatic rings. The van der Waals surface area contributed by atoms with Crippen molar-refractivity contribution in [1.29, 1.82) is 0 Å². The molecule has 1 saturated heterocycles. The molecule has 1 aliphatic heterocycles. The van der Waals surface area contributed by atoms with Crippen LogP contribution in [0.3, 0.4) is 0 Å². The van der Waals surface area contributed by atoms with E-state index in [2.05, 4.69) is 28.4 Å². The van der Waals surface area contributed by atoms with Gasteiger partial charge in [0.2, 0.25) is 5.91 Å². The van der Waals surface area contributed by atoms with E-state index in [4.69, 9.17) is 4.74 Å². The SMILES string of the molecule is O=C(CCC1CCCCC1)NCc1ccccc1N1CCOCC1. The molecule has 0 aromatic heterocycles. The number of anilines is 1. The number of amides is 1. The van der Waals surface area contributed by atoms with E-state index in [-0.39, 0.29) is 5.91 Å². The average molecular weight is 330 g/mol. The molecule has 24 heavy (non-hydrogen) atoms. The molecule has 1 aromatic carbocycles. The van der Waals surface area contributed by atoms with Gasteiger partial charge in [0.25, 0.3) is 0 Å². The largest absolute Gasteiger partial charge is 0.378 e. The Kier molecular flexibility index (Phi) is 6.53. The van der Waals surface area contributed by atoms with Gasteiger partial charge >= 0.3 is 0 Å². The highest BCUT2D eigenvalue weighted by molar-refractivity contribution is 5.76. The Bertz CT molecular complexity index is 520. The number of morpholine rings is 1. The zero-order valence-corrected chi connectivity index (χ0v) is 14.6. The van der Waals surface area contributed by atoms with Crippen molar-refractivity contribution in [2.75, 3.05) is 31.2 Å². The molecule has 3 rings (SSSR count). The van der Waals surface area contributed by atoms with E-state index in [1.807, 2.05) is 6.07 Å². The summed E-state index contributed by atoms with van der Waals surface area (Å²) in [4.78, 5) is 14.6. The van der Waals surface area contributed by atoms with Crippen LogP contribution < -0.4 is 10.2 Å². The van der Waals surface area contributed by atoms with Crippen LogP contribution in [0.25, 0.3) is 0 Å². The van der Waals surface area contributed by atoms with Crippen LogP contribution in [-0.4, -0.2) is 32.2 Å². The summed E-state index contributed by atoms with van der Waals surface area (Å²) in [5, 5.41) is 3.12. The maximum Gasteiger partial charge on any atom is 0.220 e. The number of hydrogen-bond acceptors (Lipinski definition) is 3. The first-order valence-corrected chi connectivity index (χ1v) is 9.50. The summed E-state index contributed by atoms with van der Waals surface area (Å²) < 4.78 is 5.44. The predicted molar refractivity (Wildman–Crippen MR) is 97.1 cm³/mol.